The average molecular weight is 430 g/mol. The Balaban J connectivity index is 2.02. The molecule has 0 aliphatic carbocycles. The highest BCUT2D eigenvalue weighted by atomic mass is 16.5. The molecule has 1 aromatic carbocycles. The lowest BCUT2D eigenvalue weighted by Gasteiger charge is -2.25. The quantitative estimate of drug-likeness (QED) is 0.391. The van der Waals surface area contributed by atoms with Crippen molar-refractivity contribution in [1.29, 1.82) is 0 Å². The van der Waals surface area contributed by atoms with Crippen molar-refractivity contribution in [2.45, 2.75) is 40.7 Å². The summed E-state index contributed by atoms with van der Waals surface area (Å²) < 4.78 is 7.12. The molecule has 9 heteroatoms. The Morgan fingerprint density at radius 2 is 1.87 bits per heavy atom. The molecule has 0 unspecified atom stereocenters. The number of hydrogen-bond acceptors (Lipinski definition) is 5. The number of aliphatic imine (C=N–C) groups is 1. The van der Waals surface area contributed by atoms with Crippen LogP contribution in [0.3, 0.4) is 0 Å². The number of ether oxygens (including phenoxy) is 1. The highest BCUT2D eigenvalue weighted by molar-refractivity contribution is 5.84. The second kappa shape index (κ2) is 11.3. The van der Waals surface area contributed by atoms with E-state index in [9.17, 15) is 4.79 Å². The number of carbonyl (C=O) groups excluding carboxylic acids is 1. The number of carbonyl (C=O) groups is 1. The van der Waals surface area contributed by atoms with Gasteiger partial charge >= 0.3 is 0 Å². The van der Waals surface area contributed by atoms with Crippen LogP contribution in [0, 0.1) is 12.3 Å². The van der Waals surface area contributed by atoms with E-state index < -0.39 is 5.41 Å². The number of hydrogen-bond donors (Lipinski definition) is 3. The van der Waals surface area contributed by atoms with Gasteiger partial charge < -0.3 is 25.3 Å². The van der Waals surface area contributed by atoms with Gasteiger partial charge in [-0.3, -0.25) is 4.79 Å². The molecule has 0 saturated carbocycles. The third kappa shape index (κ3) is 7.27. The monoisotopic (exact) mass is 429 g/mol. The van der Waals surface area contributed by atoms with E-state index in [0.717, 1.165) is 23.8 Å². The van der Waals surface area contributed by atoms with E-state index in [1.165, 1.54) is 5.56 Å². The summed E-state index contributed by atoms with van der Waals surface area (Å²) in [5.74, 6) is 3.09. The van der Waals surface area contributed by atoms with Crippen molar-refractivity contribution in [2.24, 2.45) is 17.5 Å². The van der Waals surface area contributed by atoms with E-state index in [1.807, 2.05) is 63.6 Å². The van der Waals surface area contributed by atoms with Gasteiger partial charge in [-0.25, -0.2) is 4.99 Å². The zero-order valence-electron chi connectivity index (χ0n) is 19.5. The molecule has 0 radical (unpaired) electrons. The Hall–Kier alpha value is -3.10. The molecule has 0 bridgehead atoms. The fourth-order valence-electron chi connectivity index (χ4n) is 2.82. The van der Waals surface area contributed by atoms with Gasteiger partial charge in [0.05, 0.1) is 12.5 Å². The fourth-order valence-corrected chi connectivity index (χ4v) is 2.82. The molecule has 2 aromatic rings. The number of nitrogens with zero attached hydrogens (tertiary/aromatic N) is 4. The van der Waals surface area contributed by atoms with E-state index in [2.05, 4.69) is 31.1 Å². The molecule has 0 aliphatic heterocycles. The minimum Gasteiger partial charge on any atom is -0.497 e. The van der Waals surface area contributed by atoms with Crippen molar-refractivity contribution in [1.82, 2.24) is 30.7 Å². The number of methoxy groups -OCH3 is 1. The molecule has 1 heterocycles. The lowest BCUT2D eigenvalue weighted by atomic mass is 9.92. The van der Waals surface area contributed by atoms with Crippen LogP contribution in [0.1, 0.15) is 38.0 Å². The van der Waals surface area contributed by atoms with Crippen LogP contribution in [0.15, 0.2) is 29.3 Å². The van der Waals surface area contributed by atoms with E-state index in [1.54, 1.807) is 7.11 Å². The predicted molar refractivity (Wildman–Crippen MR) is 122 cm³/mol. The topological polar surface area (TPSA) is 105 Å². The zero-order chi connectivity index (χ0) is 22.9. The molecule has 2 rings (SSSR count). The van der Waals surface area contributed by atoms with Gasteiger partial charge in [0, 0.05) is 26.7 Å². The summed E-state index contributed by atoms with van der Waals surface area (Å²) in [6.45, 7) is 9.77. The van der Waals surface area contributed by atoms with Crippen LogP contribution in [0.25, 0.3) is 0 Å². The largest absolute Gasteiger partial charge is 0.497 e. The third-order valence-electron chi connectivity index (χ3n) is 5.08. The number of aryl methyl sites for hydroxylation is 1. The Kier molecular flexibility index (Phi) is 8.84. The first-order chi connectivity index (χ1) is 14.8. The second-order valence-electron chi connectivity index (χ2n) is 8.01. The maximum atomic E-state index is 12.3. The van der Waals surface area contributed by atoms with Crippen molar-refractivity contribution >= 4 is 11.9 Å². The van der Waals surface area contributed by atoms with Crippen LogP contribution in [-0.2, 0) is 24.8 Å². The Bertz CT molecular complexity index is 872. The van der Waals surface area contributed by atoms with Gasteiger partial charge in [-0.15, -0.1) is 10.2 Å². The van der Waals surface area contributed by atoms with Crippen LogP contribution in [0.4, 0.5) is 0 Å². The van der Waals surface area contributed by atoms with Crippen molar-refractivity contribution in [3.05, 3.63) is 41.5 Å². The first kappa shape index (κ1) is 24.2. The predicted octanol–water partition coefficient (Wildman–Crippen LogP) is 1.57. The smallest absolute Gasteiger partial charge is 0.227 e. The zero-order valence-corrected chi connectivity index (χ0v) is 19.5. The van der Waals surface area contributed by atoms with Gasteiger partial charge in [-0.2, -0.15) is 0 Å². The van der Waals surface area contributed by atoms with Gasteiger partial charge in [-0.1, -0.05) is 12.1 Å². The molecular formula is C22H35N7O2. The SMILES string of the molecule is CCNC(=O)C(C)(C)CNC(=NCc1nnc(C)n1C)NCCc1ccc(OC)cc1. The number of rotatable bonds is 10. The summed E-state index contributed by atoms with van der Waals surface area (Å²) in [4.78, 5) is 17.0. The average Bonchev–Trinajstić information content (AvgIpc) is 3.08. The number of benzene rings is 1. The lowest BCUT2D eigenvalue weighted by molar-refractivity contribution is -0.128. The van der Waals surface area contributed by atoms with Gasteiger partial charge in [-0.05, 0) is 51.8 Å². The molecule has 0 spiro atoms. The molecule has 9 nitrogen and oxygen atoms in total. The lowest BCUT2D eigenvalue weighted by Crippen LogP contribution is -2.48. The molecule has 0 saturated heterocycles. The van der Waals surface area contributed by atoms with Gasteiger partial charge in [0.2, 0.25) is 5.91 Å². The molecule has 3 N–H and O–H groups in total. The van der Waals surface area contributed by atoms with Crippen molar-refractivity contribution in [3.8, 4) is 5.75 Å². The minimum atomic E-state index is -0.574. The van der Waals surface area contributed by atoms with E-state index in [4.69, 9.17) is 4.74 Å². The van der Waals surface area contributed by atoms with Gasteiger partial charge in [0.1, 0.15) is 18.1 Å². The summed E-state index contributed by atoms with van der Waals surface area (Å²) in [7, 11) is 3.58. The summed E-state index contributed by atoms with van der Waals surface area (Å²) in [5, 5.41) is 17.8. The fraction of sp³-hybridized carbons (Fsp3) is 0.545. The number of amides is 1. The number of nitrogens with one attached hydrogen (secondary N) is 3. The number of aromatic nitrogens is 3. The van der Waals surface area contributed by atoms with E-state index >= 15 is 0 Å². The molecular weight excluding hydrogens is 394 g/mol. The summed E-state index contributed by atoms with van der Waals surface area (Å²) in [6.07, 6.45) is 0.827. The van der Waals surface area contributed by atoms with Gasteiger partial charge in [0.25, 0.3) is 0 Å². The Labute approximate surface area is 184 Å². The van der Waals surface area contributed by atoms with E-state index in [-0.39, 0.29) is 5.91 Å². The molecule has 0 atom stereocenters. The number of guanidine groups is 1. The Morgan fingerprint density at radius 1 is 1.16 bits per heavy atom. The first-order valence-electron chi connectivity index (χ1n) is 10.5. The summed E-state index contributed by atoms with van der Waals surface area (Å²) >= 11 is 0. The standard InChI is InChI=1S/C22H35N7O2/c1-7-23-20(30)22(3,4)15-26-21(25-14-19-28-27-16(2)29(19)5)24-13-12-17-8-10-18(31-6)11-9-17/h8-11H,7,12-15H2,1-6H3,(H,23,30)(H2,24,25,26). The van der Waals surface area contributed by atoms with Crippen molar-refractivity contribution in [3.63, 3.8) is 0 Å². The normalized spacial score (nSPS) is 11.9. The molecule has 0 aliphatic rings. The molecule has 1 aromatic heterocycles. The second-order valence-corrected chi connectivity index (χ2v) is 8.01. The molecule has 0 fully saturated rings. The highest BCUT2D eigenvalue weighted by Gasteiger charge is 2.27. The molecule has 31 heavy (non-hydrogen) atoms. The summed E-state index contributed by atoms with van der Waals surface area (Å²) in [6, 6.07) is 8.00. The highest BCUT2D eigenvalue weighted by Crippen LogP contribution is 2.13. The van der Waals surface area contributed by atoms with Crippen molar-refractivity contribution in [2.75, 3.05) is 26.7 Å². The van der Waals surface area contributed by atoms with E-state index in [0.29, 0.717) is 32.1 Å². The summed E-state index contributed by atoms with van der Waals surface area (Å²) in [5.41, 5.74) is 0.620. The van der Waals surface area contributed by atoms with Crippen LogP contribution in [-0.4, -0.2) is 53.4 Å². The molecule has 1 amide bonds. The van der Waals surface area contributed by atoms with Crippen molar-refractivity contribution < 1.29 is 9.53 Å². The van der Waals surface area contributed by atoms with Crippen LogP contribution >= 0.6 is 0 Å². The van der Waals surface area contributed by atoms with Crippen LogP contribution in [0.2, 0.25) is 0 Å². The minimum absolute atomic E-state index is 0.00371. The Morgan fingerprint density at radius 3 is 2.45 bits per heavy atom. The maximum Gasteiger partial charge on any atom is 0.227 e. The first-order valence-corrected chi connectivity index (χ1v) is 10.5. The van der Waals surface area contributed by atoms with Crippen LogP contribution in [0.5, 0.6) is 5.75 Å². The maximum absolute atomic E-state index is 12.3. The van der Waals surface area contributed by atoms with Crippen LogP contribution < -0.4 is 20.7 Å². The van der Waals surface area contributed by atoms with Gasteiger partial charge in [0.15, 0.2) is 11.8 Å². The molecule has 170 valence electrons. The third-order valence-corrected chi connectivity index (χ3v) is 5.08.